The average Bonchev–Trinajstić information content (AvgIpc) is 2.77. The Balaban J connectivity index is 1.91. The molecule has 3 rings (SSSR count). The van der Waals surface area contributed by atoms with Crippen LogP contribution in [0.4, 0.5) is 5.69 Å². The van der Waals surface area contributed by atoms with E-state index in [1.807, 2.05) is 55.5 Å². The fourth-order valence-electron chi connectivity index (χ4n) is 3.48. The van der Waals surface area contributed by atoms with Gasteiger partial charge in [0.2, 0.25) is 0 Å². The molecule has 1 aliphatic rings. The van der Waals surface area contributed by atoms with Crippen molar-refractivity contribution in [1.29, 1.82) is 0 Å². The van der Waals surface area contributed by atoms with E-state index in [1.54, 1.807) is 12.1 Å². The molecule has 0 saturated carbocycles. The summed E-state index contributed by atoms with van der Waals surface area (Å²) in [5.74, 6) is -0.339. The van der Waals surface area contributed by atoms with Gasteiger partial charge in [-0.25, -0.2) is 4.98 Å². The molecular weight excluding hydrogens is 360 g/mol. The molecule has 0 bridgehead atoms. The van der Waals surface area contributed by atoms with E-state index in [0.29, 0.717) is 17.1 Å². The predicted molar refractivity (Wildman–Crippen MR) is 119 cm³/mol. The van der Waals surface area contributed by atoms with Crippen molar-refractivity contribution in [2.45, 2.75) is 26.2 Å². The number of nitrogens with zero attached hydrogens (tertiary/aromatic N) is 2. The zero-order valence-electron chi connectivity index (χ0n) is 16.9. The number of nitrogens with two attached hydrogens (primary N) is 1. The Morgan fingerprint density at radius 2 is 1.86 bits per heavy atom. The second-order valence-corrected chi connectivity index (χ2v) is 7.01. The third-order valence-electron chi connectivity index (χ3n) is 4.96. The van der Waals surface area contributed by atoms with Crippen molar-refractivity contribution >= 4 is 11.6 Å². The quantitative estimate of drug-likeness (QED) is 0.714. The molecule has 1 fully saturated rings. The molecule has 1 aromatic carbocycles. The highest BCUT2D eigenvalue weighted by Gasteiger charge is 2.18. The van der Waals surface area contributed by atoms with E-state index >= 15 is 0 Å². The summed E-state index contributed by atoms with van der Waals surface area (Å²) in [7, 11) is 0. The molecule has 0 aliphatic carbocycles. The lowest BCUT2D eigenvalue weighted by atomic mass is 10.1. The molecule has 0 radical (unpaired) electrons. The van der Waals surface area contributed by atoms with Crippen LogP contribution < -0.4 is 11.1 Å². The number of rotatable bonds is 6. The zero-order chi connectivity index (χ0) is 20.6. The lowest BCUT2D eigenvalue weighted by molar-refractivity contribution is 0.0962. The Kier molecular flexibility index (Phi) is 6.85. The molecule has 150 valence electrons. The van der Waals surface area contributed by atoms with E-state index in [0.717, 1.165) is 37.2 Å². The van der Waals surface area contributed by atoms with Gasteiger partial charge in [0.05, 0.1) is 22.8 Å². The molecule has 5 heteroatoms. The van der Waals surface area contributed by atoms with Crippen LogP contribution in [0.25, 0.3) is 11.3 Å². The summed E-state index contributed by atoms with van der Waals surface area (Å²) >= 11 is 0. The Bertz CT molecular complexity index is 925. The Morgan fingerprint density at radius 3 is 2.52 bits per heavy atom. The highest BCUT2D eigenvalue weighted by atomic mass is 16.1. The second kappa shape index (κ2) is 9.73. The molecule has 1 aromatic heterocycles. The normalized spacial score (nSPS) is 15.1. The van der Waals surface area contributed by atoms with E-state index in [9.17, 15) is 4.79 Å². The van der Waals surface area contributed by atoms with Gasteiger partial charge in [0.1, 0.15) is 0 Å². The number of likely N-dealkylation sites (tertiary alicyclic amines) is 1. The number of amides is 1. The van der Waals surface area contributed by atoms with Gasteiger partial charge in [0, 0.05) is 18.7 Å². The first kappa shape index (κ1) is 20.4. The van der Waals surface area contributed by atoms with Gasteiger partial charge >= 0.3 is 0 Å². The zero-order valence-corrected chi connectivity index (χ0v) is 16.9. The SMILES string of the molecule is C=C/C(NC(=O)c1nc(-c2ccccc2)ccc1N)=C(\C=C/C)N1CCCCC1. The minimum absolute atomic E-state index is 0.212. The van der Waals surface area contributed by atoms with E-state index in [-0.39, 0.29) is 11.6 Å². The molecule has 1 aliphatic heterocycles. The van der Waals surface area contributed by atoms with Crippen molar-refractivity contribution in [3.8, 4) is 11.3 Å². The minimum atomic E-state index is -0.339. The summed E-state index contributed by atoms with van der Waals surface area (Å²) in [6.45, 7) is 7.81. The number of carbonyl (C=O) groups excluding carboxylic acids is 1. The molecular formula is C24H28N4O. The average molecular weight is 389 g/mol. The molecule has 0 atom stereocenters. The fourth-order valence-corrected chi connectivity index (χ4v) is 3.48. The minimum Gasteiger partial charge on any atom is -0.397 e. The topological polar surface area (TPSA) is 71.2 Å². The molecule has 29 heavy (non-hydrogen) atoms. The first-order chi connectivity index (χ1) is 14.1. The van der Waals surface area contributed by atoms with Gasteiger partial charge in [-0.15, -0.1) is 0 Å². The third kappa shape index (κ3) is 4.93. The Hall–Kier alpha value is -3.34. The number of hydrogen-bond acceptors (Lipinski definition) is 4. The Labute approximate surface area is 172 Å². The largest absolute Gasteiger partial charge is 0.397 e. The van der Waals surface area contributed by atoms with Gasteiger partial charge in [0.25, 0.3) is 5.91 Å². The number of hydrogen-bond donors (Lipinski definition) is 2. The van der Waals surface area contributed by atoms with Gasteiger partial charge < -0.3 is 16.0 Å². The lowest BCUT2D eigenvalue weighted by Gasteiger charge is -2.31. The van der Waals surface area contributed by atoms with Crippen molar-refractivity contribution in [2.24, 2.45) is 0 Å². The standard InChI is InChI=1S/C24H28N4O/c1-3-11-22(28-16-9-6-10-17-28)20(4-2)27-24(29)23-19(25)14-15-21(26-23)18-12-7-5-8-13-18/h3-5,7-8,11-15H,2,6,9-10,16-17,25H2,1H3,(H,27,29)/b11-3-,22-20-. The van der Waals surface area contributed by atoms with Crippen molar-refractivity contribution < 1.29 is 4.79 Å². The van der Waals surface area contributed by atoms with Gasteiger partial charge in [-0.3, -0.25) is 4.79 Å². The molecule has 2 heterocycles. The van der Waals surface area contributed by atoms with Crippen LogP contribution in [0.5, 0.6) is 0 Å². The fraction of sp³-hybridized carbons (Fsp3) is 0.250. The molecule has 2 aromatic rings. The van der Waals surface area contributed by atoms with Gasteiger partial charge in [0.15, 0.2) is 5.69 Å². The number of carbonyl (C=O) groups is 1. The third-order valence-corrected chi connectivity index (χ3v) is 4.96. The number of allylic oxidation sites excluding steroid dienone is 3. The van der Waals surface area contributed by atoms with E-state index < -0.39 is 0 Å². The predicted octanol–water partition coefficient (Wildman–Crippen LogP) is 4.52. The molecule has 0 unspecified atom stereocenters. The smallest absolute Gasteiger partial charge is 0.276 e. The summed E-state index contributed by atoms with van der Waals surface area (Å²) in [6.07, 6.45) is 9.20. The summed E-state index contributed by atoms with van der Waals surface area (Å²) in [4.78, 5) is 19.8. The first-order valence-electron chi connectivity index (χ1n) is 10.0. The summed E-state index contributed by atoms with van der Waals surface area (Å²) < 4.78 is 0. The van der Waals surface area contributed by atoms with Crippen LogP contribution in [0.2, 0.25) is 0 Å². The Morgan fingerprint density at radius 1 is 1.14 bits per heavy atom. The number of aromatic nitrogens is 1. The number of piperidine rings is 1. The summed E-state index contributed by atoms with van der Waals surface area (Å²) in [6, 6.07) is 13.3. The lowest BCUT2D eigenvalue weighted by Crippen LogP contribution is -2.33. The monoisotopic (exact) mass is 388 g/mol. The van der Waals surface area contributed by atoms with Gasteiger partial charge in [-0.2, -0.15) is 0 Å². The van der Waals surface area contributed by atoms with Gasteiger partial charge in [-0.05, 0) is 50.5 Å². The second-order valence-electron chi connectivity index (χ2n) is 7.01. The van der Waals surface area contributed by atoms with E-state index in [1.165, 1.54) is 6.42 Å². The van der Waals surface area contributed by atoms with Crippen molar-refractivity contribution in [1.82, 2.24) is 15.2 Å². The van der Waals surface area contributed by atoms with Crippen LogP contribution in [0, 0.1) is 0 Å². The number of anilines is 1. The van der Waals surface area contributed by atoms with Crippen LogP contribution >= 0.6 is 0 Å². The molecule has 1 saturated heterocycles. The highest BCUT2D eigenvalue weighted by molar-refractivity contribution is 5.99. The molecule has 0 spiro atoms. The highest BCUT2D eigenvalue weighted by Crippen LogP contribution is 2.22. The van der Waals surface area contributed by atoms with Crippen LogP contribution in [0.1, 0.15) is 36.7 Å². The number of pyridine rings is 1. The van der Waals surface area contributed by atoms with Crippen LogP contribution in [0.3, 0.4) is 0 Å². The number of benzene rings is 1. The summed E-state index contributed by atoms with van der Waals surface area (Å²) in [5.41, 5.74) is 9.90. The molecule has 5 nitrogen and oxygen atoms in total. The van der Waals surface area contributed by atoms with E-state index in [2.05, 4.69) is 21.8 Å². The van der Waals surface area contributed by atoms with Crippen molar-refractivity contribution in [3.05, 3.63) is 84.4 Å². The maximum atomic E-state index is 13.0. The maximum Gasteiger partial charge on any atom is 0.276 e. The van der Waals surface area contributed by atoms with Gasteiger partial charge in [-0.1, -0.05) is 43.0 Å². The van der Waals surface area contributed by atoms with Crippen LogP contribution in [-0.2, 0) is 0 Å². The van der Waals surface area contributed by atoms with Crippen molar-refractivity contribution in [2.75, 3.05) is 18.8 Å². The molecule has 3 N–H and O–H groups in total. The number of nitrogens with one attached hydrogen (secondary N) is 1. The van der Waals surface area contributed by atoms with Crippen molar-refractivity contribution in [3.63, 3.8) is 0 Å². The number of nitrogen functional groups attached to an aromatic ring is 1. The van der Waals surface area contributed by atoms with E-state index in [4.69, 9.17) is 5.73 Å². The summed E-state index contributed by atoms with van der Waals surface area (Å²) in [5, 5.41) is 2.97. The van der Waals surface area contributed by atoms with Crippen LogP contribution in [0.15, 0.2) is 78.7 Å². The van der Waals surface area contributed by atoms with Crippen LogP contribution in [-0.4, -0.2) is 28.9 Å². The first-order valence-corrected chi connectivity index (χ1v) is 10.0. The maximum absolute atomic E-state index is 13.0. The molecule has 1 amide bonds.